The van der Waals surface area contributed by atoms with Crippen LogP contribution in [0.3, 0.4) is 0 Å². The van der Waals surface area contributed by atoms with Gasteiger partial charge >= 0.3 is 0 Å². The van der Waals surface area contributed by atoms with Crippen LogP contribution < -0.4 is 5.32 Å². The molecule has 0 radical (unpaired) electrons. The molecule has 0 bridgehead atoms. The van der Waals surface area contributed by atoms with Gasteiger partial charge in [-0.05, 0) is 37.5 Å². The molecule has 0 aromatic heterocycles. The fourth-order valence-electron chi connectivity index (χ4n) is 3.93. The van der Waals surface area contributed by atoms with Crippen molar-refractivity contribution in [3.8, 4) is 0 Å². The van der Waals surface area contributed by atoms with Crippen molar-refractivity contribution in [1.29, 1.82) is 0 Å². The first-order valence-corrected chi connectivity index (χ1v) is 7.94. The summed E-state index contributed by atoms with van der Waals surface area (Å²) in [5.41, 5.74) is -0.102. The monoisotopic (exact) mass is 267 g/mol. The zero-order chi connectivity index (χ0) is 13.9. The van der Waals surface area contributed by atoms with E-state index in [0.717, 1.165) is 25.2 Å². The van der Waals surface area contributed by atoms with Crippen LogP contribution in [0.4, 0.5) is 0 Å². The molecule has 2 saturated carbocycles. The topological polar surface area (TPSA) is 49.3 Å². The van der Waals surface area contributed by atoms with E-state index in [1.54, 1.807) is 0 Å². The molecule has 110 valence electrons. The van der Waals surface area contributed by atoms with Gasteiger partial charge in [0, 0.05) is 17.9 Å². The van der Waals surface area contributed by atoms with Crippen molar-refractivity contribution in [2.75, 3.05) is 6.61 Å². The molecule has 4 unspecified atom stereocenters. The summed E-state index contributed by atoms with van der Waals surface area (Å²) in [5.74, 6) is 1.55. The first kappa shape index (κ1) is 14.8. The lowest BCUT2D eigenvalue weighted by atomic mass is 9.80. The van der Waals surface area contributed by atoms with Crippen LogP contribution in [0.5, 0.6) is 0 Å². The molecule has 3 heteroatoms. The molecule has 0 saturated heterocycles. The fraction of sp³-hybridized carbons (Fsp3) is 0.938. The van der Waals surface area contributed by atoms with Crippen LogP contribution in [-0.4, -0.2) is 23.7 Å². The number of aliphatic hydroxyl groups excluding tert-OH is 1. The summed E-state index contributed by atoms with van der Waals surface area (Å²) in [7, 11) is 0. The number of nitrogens with one attached hydrogen (secondary N) is 1. The maximum absolute atomic E-state index is 12.2. The van der Waals surface area contributed by atoms with Crippen LogP contribution in [-0.2, 0) is 4.79 Å². The Kier molecular flexibility index (Phi) is 4.88. The van der Waals surface area contributed by atoms with Crippen LogP contribution in [0.25, 0.3) is 0 Å². The number of aliphatic hydroxyl groups is 1. The summed E-state index contributed by atoms with van der Waals surface area (Å²) >= 11 is 0. The molecular formula is C16H29NO2. The quantitative estimate of drug-likeness (QED) is 0.823. The summed E-state index contributed by atoms with van der Waals surface area (Å²) in [6, 6.07) is 0.172. The summed E-state index contributed by atoms with van der Waals surface area (Å²) in [6.07, 6.45) is 8.85. The third-order valence-electron chi connectivity index (χ3n) is 5.30. The molecule has 1 amide bonds. The zero-order valence-corrected chi connectivity index (χ0v) is 12.5. The average Bonchev–Trinajstić information content (AvgIpc) is 2.71. The van der Waals surface area contributed by atoms with Gasteiger partial charge in [-0.2, -0.15) is 0 Å². The van der Waals surface area contributed by atoms with Gasteiger partial charge in [-0.3, -0.25) is 4.79 Å². The minimum Gasteiger partial charge on any atom is -0.396 e. The van der Waals surface area contributed by atoms with E-state index < -0.39 is 0 Å². The predicted molar refractivity (Wildman–Crippen MR) is 76.7 cm³/mol. The van der Waals surface area contributed by atoms with Gasteiger partial charge in [-0.25, -0.2) is 0 Å². The molecule has 0 aliphatic heterocycles. The Morgan fingerprint density at radius 3 is 2.79 bits per heavy atom. The Hall–Kier alpha value is -0.570. The third kappa shape index (κ3) is 3.71. The number of carbonyl (C=O) groups is 1. The van der Waals surface area contributed by atoms with Gasteiger partial charge in [0.05, 0.1) is 6.61 Å². The van der Waals surface area contributed by atoms with Gasteiger partial charge in [-0.1, -0.05) is 33.1 Å². The van der Waals surface area contributed by atoms with Gasteiger partial charge in [0.15, 0.2) is 0 Å². The molecule has 2 N–H and O–H groups in total. The van der Waals surface area contributed by atoms with Crippen LogP contribution >= 0.6 is 0 Å². The van der Waals surface area contributed by atoms with Crippen molar-refractivity contribution in [1.82, 2.24) is 5.32 Å². The van der Waals surface area contributed by atoms with Gasteiger partial charge in [-0.15, -0.1) is 0 Å². The first-order valence-electron chi connectivity index (χ1n) is 7.94. The van der Waals surface area contributed by atoms with E-state index >= 15 is 0 Å². The lowest BCUT2D eigenvalue weighted by Gasteiger charge is -2.31. The Morgan fingerprint density at radius 1 is 1.32 bits per heavy atom. The highest BCUT2D eigenvalue weighted by atomic mass is 16.3. The van der Waals surface area contributed by atoms with Gasteiger partial charge in [0.25, 0.3) is 0 Å². The van der Waals surface area contributed by atoms with Crippen LogP contribution in [0.2, 0.25) is 0 Å². The molecule has 2 rings (SSSR count). The summed E-state index contributed by atoms with van der Waals surface area (Å²) < 4.78 is 0. The highest BCUT2D eigenvalue weighted by Crippen LogP contribution is 2.37. The molecule has 19 heavy (non-hydrogen) atoms. The SMILES string of the molecule is CC1CCCC(CC(=O)NC2CCCC2(C)CO)C1. The van der Waals surface area contributed by atoms with E-state index in [1.165, 1.54) is 25.7 Å². The Morgan fingerprint density at radius 2 is 2.11 bits per heavy atom. The van der Waals surface area contributed by atoms with Gasteiger partial charge in [0.1, 0.15) is 0 Å². The average molecular weight is 267 g/mol. The Bertz CT molecular complexity index is 318. The molecule has 2 fully saturated rings. The lowest BCUT2D eigenvalue weighted by molar-refractivity contribution is -0.123. The van der Waals surface area contributed by atoms with E-state index in [-0.39, 0.29) is 24.0 Å². The smallest absolute Gasteiger partial charge is 0.220 e. The van der Waals surface area contributed by atoms with E-state index in [0.29, 0.717) is 12.3 Å². The summed E-state index contributed by atoms with van der Waals surface area (Å²) in [4.78, 5) is 12.2. The van der Waals surface area contributed by atoms with E-state index in [4.69, 9.17) is 0 Å². The second-order valence-electron chi connectivity index (χ2n) is 7.17. The molecule has 0 heterocycles. The van der Waals surface area contributed by atoms with Crippen molar-refractivity contribution >= 4 is 5.91 Å². The highest BCUT2D eigenvalue weighted by molar-refractivity contribution is 5.76. The van der Waals surface area contributed by atoms with Gasteiger partial charge < -0.3 is 10.4 Å². The third-order valence-corrected chi connectivity index (χ3v) is 5.30. The molecule has 4 atom stereocenters. The molecular weight excluding hydrogens is 238 g/mol. The maximum Gasteiger partial charge on any atom is 0.220 e. The van der Waals surface area contributed by atoms with Gasteiger partial charge in [0.2, 0.25) is 5.91 Å². The molecule has 2 aliphatic carbocycles. The normalized spacial score (nSPS) is 39.2. The molecule has 3 nitrogen and oxygen atoms in total. The second kappa shape index (κ2) is 6.25. The lowest BCUT2D eigenvalue weighted by Crippen LogP contribution is -2.45. The Labute approximate surface area is 117 Å². The number of rotatable bonds is 4. The van der Waals surface area contributed by atoms with Crippen molar-refractivity contribution in [3.05, 3.63) is 0 Å². The standard InChI is InChI=1S/C16H29NO2/c1-12-5-3-6-13(9-12)10-15(19)17-14-7-4-8-16(14,2)11-18/h12-14,18H,3-11H2,1-2H3,(H,17,19). The fourth-order valence-corrected chi connectivity index (χ4v) is 3.93. The van der Waals surface area contributed by atoms with Crippen molar-refractivity contribution in [2.45, 2.75) is 71.3 Å². The zero-order valence-electron chi connectivity index (χ0n) is 12.5. The largest absolute Gasteiger partial charge is 0.396 e. The molecule has 2 aliphatic rings. The van der Waals surface area contributed by atoms with Crippen molar-refractivity contribution in [3.63, 3.8) is 0 Å². The molecule has 0 aromatic rings. The molecule has 0 spiro atoms. The number of amides is 1. The molecule has 0 aromatic carbocycles. The minimum absolute atomic E-state index is 0.102. The first-order chi connectivity index (χ1) is 9.03. The number of carbonyl (C=O) groups excluding carboxylic acids is 1. The minimum atomic E-state index is -0.102. The van der Waals surface area contributed by atoms with E-state index in [2.05, 4.69) is 19.2 Å². The van der Waals surface area contributed by atoms with E-state index in [9.17, 15) is 9.90 Å². The predicted octanol–water partition coefficient (Wildman–Crippen LogP) is 2.87. The summed E-state index contributed by atoms with van der Waals surface area (Å²) in [5, 5.41) is 12.7. The van der Waals surface area contributed by atoms with Crippen LogP contribution in [0.1, 0.15) is 65.2 Å². The van der Waals surface area contributed by atoms with Crippen molar-refractivity contribution < 1.29 is 9.90 Å². The maximum atomic E-state index is 12.2. The second-order valence-corrected chi connectivity index (χ2v) is 7.17. The number of hydrogen-bond donors (Lipinski definition) is 2. The Balaban J connectivity index is 1.81. The van der Waals surface area contributed by atoms with E-state index in [1.807, 2.05) is 0 Å². The van der Waals surface area contributed by atoms with Crippen LogP contribution in [0, 0.1) is 17.3 Å². The van der Waals surface area contributed by atoms with Crippen molar-refractivity contribution in [2.24, 2.45) is 17.3 Å². The summed E-state index contributed by atoms with van der Waals surface area (Å²) in [6.45, 7) is 4.57. The highest BCUT2D eigenvalue weighted by Gasteiger charge is 2.39. The number of hydrogen-bond acceptors (Lipinski definition) is 2. The van der Waals surface area contributed by atoms with Crippen LogP contribution in [0.15, 0.2) is 0 Å².